The van der Waals surface area contributed by atoms with E-state index in [1.165, 1.54) is 23.2 Å². The van der Waals surface area contributed by atoms with Crippen LogP contribution in [0.2, 0.25) is 0 Å². The van der Waals surface area contributed by atoms with Gasteiger partial charge < -0.3 is 14.9 Å². The van der Waals surface area contributed by atoms with Gasteiger partial charge in [-0.25, -0.2) is 8.78 Å². The fraction of sp³-hybridized carbons (Fsp3) is 0.348. The Hall–Kier alpha value is -3.13. The first-order chi connectivity index (χ1) is 14.9. The van der Waals surface area contributed by atoms with Gasteiger partial charge in [-0.2, -0.15) is 0 Å². The van der Waals surface area contributed by atoms with Gasteiger partial charge >= 0.3 is 0 Å². The van der Waals surface area contributed by atoms with Crippen molar-refractivity contribution >= 4 is 23.6 Å². The minimum absolute atomic E-state index is 0.0269. The van der Waals surface area contributed by atoms with Crippen LogP contribution in [0.25, 0.3) is 5.57 Å². The second-order valence-electron chi connectivity index (χ2n) is 8.31. The zero-order valence-corrected chi connectivity index (χ0v) is 16.8. The molecule has 1 N–H and O–H groups in total. The maximum absolute atomic E-state index is 14.8. The lowest BCUT2D eigenvalue weighted by molar-refractivity contribution is -0.143. The van der Waals surface area contributed by atoms with E-state index in [-0.39, 0.29) is 36.8 Å². The van der Waals surface area contributed by atoms with E-state index in [9.17, 15) is 23.5 Å². The van der Waals surface area contributed by atoms with Gasteiger partial charge in [-0.3, -0.25) is 14.6 Å². The molecular weight excluding hydrogens is 404 g/mol. The predicted molar refractivity (Wildman–Crippen MR) is 110 cm³/mol. The van der Waals surface area contributed by atoms with Crippen LogP contribution in [0.5, 0.6) is 0 Å². The highest BCUT2D eigenvalue weighted by Gasteiger charge is 2.50. The number of aliphatic hydroxyl groups is 1. The van der Waals surface area contributed by atoms with Crippen LogP contribution >= 0.6 is 0 Å². The number of amides is 2. The summed E-state index contributed by atoms with van der Waals surface area (Å²) in [6.45, 7) is 1.18. The summed E-state index contributed by atoms with van der Waals surface area (Å²) in [4.78, 5) is 32.1. The molecule has 160 valence electrons. The number of hydrogen-bond acceptors (Lipinski definition) is 4. The first-order valence-corrected chi connectivity index (χ1v) is 10.3. The molecule has 1 aromatic carbocycles. The highest BCUT2D eigenvalue weighted by Crippen LogP contribution is 2.38. The van der Waals surface area contributed by atoms with E-state index >= 15 is 0 Å². The number of allylic oxidation sites excluding steroid dienone is 4. The summed E-state index contributed by atoms with van der Waals surface area (Å²) in [5, 5.41) is 9.98. The van der Waals surface area contributed by atoms with E-state index in [4.69, 9.17) is 0 Å². The van der Waals surface area contributed by atoms with Crippen LogP contribution in [0.4, 0.5) is 8.78 Å². The third-order valence-electron chi connectivity index (χ3n) is 6.21. The molecule has 0 spiro atoms. The molecule has 2 fully saturated rings. The summed E-state index contributed by atoms with van der Waals surface area (Å²) in [6, 6.07) is 4.31. The third-order valence-corrected chi connectivity index (χ3v) is 6.21. The summed E-state index contributed by atoms with van der Waals surface area (Å²) < 4.78 is 29.1. The van der Waals surface area contributed by atoms with Gasteiger partial charge in [0.1, 0.15) is 22.9 Å². The summed E-state index contributed by atoms with van der Waals surface area (Å²) in [6.07, 6.45) is 6.00. The number of hydrogen-bond donors (Lipinski definition) is 1. The fourth-order valence-electron chi connectivity index (χ4n) is 4.16. The second-order valence-corrected chi connectivity index (χ2v) is 8.31. The topological polar surface area (TPSA) is 73.2 Å². The fourth-order valence-corrected chi connectivity index (χ4v) is 4.16. The molecule has 0 aromatic heterocycles. The number of halogens is 2. The number of aliphatic imine (C=N–C) groups is 1. The van der Waals surface area contributed by atoms with Crippen molar-refractivity contribution in [1.29, 1.82) is 0 Å². The Bertz CT molecular complexity index is 1110. The quantitative estimate of drug-likeness (QED) is 0.809. The Morgan fingerprint density at radius 3 is 2.45 bits per heavy atom. The maximum atomic E-state index is 14.8. The predicted octanol–water partition coefficient (Wildman–Crippen LogP) is 2.61. The molecule has 8 heteroatoms. The minimum atomic E-state index is -1.22. The summed E-state index contributed by atoms with van der Waals surface area (Å²) in [5.74, 6) is -1.76. The van der Waals surface area contributed by atoms with E-state index in [0.29, 0.717) is 48.3 Å². The van der Waals surface area contributed by atoms with E-state index < -0.39 is 17.3 Å². The number of fused-ring (bicyclic) bond motifs is 1. The van der Waals surface area contributed by atoms with Crippen LogP contribution in [-0.2, 0) is 4.79 Å². The molecule has 0 unspecified atom stereocenters. The van der Waals surface area contributed by atoms with Gasteiger partial charge in [0.05, 0.1) is 5.56 Å². The number of carbonyl (C=O) groups is 2. The molecule has 31 heavy (non-hydrogen) atoms. The largest absolute Gasteiger partial charge is 0.380 e. The zero-order chi connectivity index (χ0) is 21.8. The molecule has 2 aliphatic carbocycles. The molecule has 2 heterocycles. The van der Waals surface area contributed by atoms with Crippen LogP contribution in [0.3, 0.4) is 0 Å². The average Bonchev–Trinajstić information content (AvgIpc) is 3.33. The van der Waals surface area contributed by atoms with E-state index in [0.717, 1.165) is 0 Å². The SMILES string of the molecule is O=C(c1ccc(C2=CC3=CC=NC3=C(F)C2)cc1F)N1CCN(C(=O)C2(O)CC2)CC1. The number of carbonyl (C=O) groups excluding carboxylic acids is 2. The molecule has 0 bridgehead atoms. The molecule has 5 rings (SSSR count). The minimum Gasteiger partial charge on any atom is -0.380 e. The van der Waals surface area contributed by atoms with Crippen molar-refractivity contribution in [3.63, 3.8) is 0 Å². The van der Waals surface area contributed by atoms with Gasteiger partial charge in [0.15, 0.2) is 0 Å². The van der Waals surface area contributed by atoms with Crippen molar-refractivity contribution in [3.8, 4) is 0 Å². The van der Waals surface area contributed by atoms with Crippen molar-refractivity contribution < 1.29 is 23.5 Å². The summed E-state index contributed by atoms with van der Waals surface area (Å²) in [5.41, 5.74) is 0.842. The lowest BCUT2D eigenvalue weighted by Gasteiger charge is -2.35. The Morgan fingerprint density at radius 1 is 1.06 bits per heavy atom. The Kier molecular flexibility index (Phi) is 4.62. The lowest BCUT2D eigenvalue weighted by atomic mass is 9.92. The van der Waals surface area contributed by atoms with Crippen LogP contribution in [0, 0.1) is 5.82 Å². The first kappa shape index (κ1) is 19.8. The molecular formula is C23H21F2N3O3. The molecule has 2 amide bonds. The average molecular weight is 425 g/mol. The second kappa shape index (κ2) is 7.23. The normalized spacial score (nSPS) is 21.6. The van der Waals surface area contributed by atoms with Crippen molar-refractivity contribution in [3.05, 3.63) is 64.4 Å². The van der Waals surface area contributed by atoms with Crippen molar-refractivity contribution in [2.75, 3.05) is 26.2 Å². The molecule has 1 saturated carbocycles. The van der Waals surface area contributed by atoms with Crippen LogP contribution < -0.4 is 0 Å². The number of benzene rings is 1. The Balaban J connectivity index is 1.28. The van der Waals surface area contributed by atoms with Gasteiger partial charge in [-0.1, -0.05) is 6.07 Å². The Labute approximate surface area is 177 Å². The van der Waals surface area contributed by atoms with E-state index in [2.05, 4.69) is 4.99 Å². The molecule has 0 radical (unpaired) electrons. The number of rotatable bonds is 3. The lowest BCUT2D eigenvalue weighted by Crippen LogP contribution is -2.53. The van der Waals surface area contributed by atoms with Crippen molar-refractivity contribution in [2.24, 2.45) is 4.99 Å². The smallest absolute Gasteiger partial charge is 0.256 e. The van der Waals surface area contributed by atoms with Crippen LogP contribution in [-0.4, -0.2) is 64.7 Å². The zero-order valence-electron chi connectivity index (χ0n) is 16.8. The first-order valence-electron chi connectivity index (χ1n) is 10.3. The standard InChI is InChI=1S/C23H21F2N3O3/c24-18-12-14(16-11-15-3-6-26-20(15)19(25)13-16)1-2-17(18)21(29)27-7-9-28(10-8-27)22(30)23(31)4-5-23/h1-3,6,11-12,31H,4-5,7-10,13H2. The molecule has 0 atom stereocenters. The van der Waals surface area contributed by atoms with E-state index in [1.54, 1.807) is 23.1 Å². The highest BCUT2D eigenvalue weighted by atomic mass is 19.1. The molecule has 1 aromatic rings. The molecule has 1 saturated heterocycles. The van der Waals surface area contributed by atoms with Crippen molar-refractivity contribution in [2.45, 2.75) is 24.9 Å². The maximum Gasteiger partial charge on any atom is 0.256 e. The van der Waals surface area contributed by atoms with Gasteiger partial charge in [-0.05, 0) is 48.3 Å². The van der Waals surface area contributed by atoms with Crippen LogP contribution in [0.15, 0.2) is 52.4 Å². The molecule has 2 aliphatic heterocycles. The highest BCUT2D eigenvalue weighted by molar-refractivity contribution is 5.95. The molecule has 4 aliphatic rings. The van der Waals surface area contributed by atoms with E-state index in [1.807, 2.05) is 0 Å². The van der Waals surface area contributed by atoms with Gasteiger partial charge in [0.25, 0.3) is 11.8 Å². The number of piperazine rings is 1. The van der Waals surface area contributed by atoms with Gasteiger partial charge in [0.2, 0.25) is 0 Å². The van der Waals surface area contributed by atoms with Gasteiger partial charge in [0, 0.05) is 44.4 Å². The molecule has 6 nitrogen and oxygen atoms in total. The van der Waals surface area contributed by atoms with Crippen molar-refractivity contribution in [1.82, 2.24) is 9.80 Å². The van der Waals surface area contributed by atoms with Crippen LogP contribution in [0.1, 0.15) is 35.2 Å². The summed E-state index contributed by atoms with van der Waals surface area (Å²) >= 11 is 0. The summed E-state index contributed by atoms with van der Waals surface area (Å²) in [7, 11) is 0. The third kappa shape index (κ3) is 3.50. The monoisotopic (exact) mass is 425 g/mol. The van der Waals surface area contributed by atoms with Gasteiger partial charge in [-0.15, -0.1) is 0 Å². The Morgan fingerprint density at radius 2 is 1.77 bits per heavy atom. The number of nitrogens with zero attached hydrogens (tertiary/aromatic N) is 3.